The zero-order valence-electron chi connectivity index (χ0n) is 9.05. The highest BCUT2D eigenvalue weighted by Crippen LogP contribution is 2.15. The predicted octanol–water partition coefficient (Wildman–Crippen LogP) is 0.705. The summed E-state index contributed by atoms with van der Waals surface area (Å²) in [6.07, 6.45) is 1.67. The zero-order chi connectivity index (χ0) is 9.68. The molecule has 0 saturated carbocycles. The highest BCUT2D eigenvalue weighted by molar-refractivity contribution is 4.87. The van der Waals surface area contributed by atoms with Gasteiger partial charge in [0.05, 0.1) is 12.7 Å². The van der Waals surface area contributed by atoms with Crippen LogP contribution >= 0.6 is 0 Å². The second-order valence-electron chi connectivity index (χ2n) is 3.52. The van der Waals surface area contributed by atoms with Gasteiger partial charge in [0, 0.05) is 25.7 Å². The Morgan fingerprint density at radius 2 is 2.15 bits per heavy atom. The van der Waals surface area contributed by atoms with Gasteiger partial charge < -0.3 is 15.0 Å². The minimum Gasteiger partial charge on any atom is -0.375 e. The standard InChI is InChI=1S/C8H16N2O.C2H6/c1-10-4-2-8-7(6-10)9-3-5-11-8;1-2/h7-9H,2-6H2,1H3;1-2H3/t7-,8-;/m1./s1. The van der Waals surface area contributed by atoms with Crippen molar-refractivity contribution in [2.75, 3.05) is 33.3 Å². The van der Waals surface area contributed by atoms with Gasteiger partial charge in [0.2, 0.25) is 0 Å². The van der Waals surface area contributed by atoms with Gasteiger partial charge in [-0.05, 0) is 13.5 Å². The van der Waals surface area contributed by atoms with E-state index in [2.05, 4.69) is 17.3 Å². The summed E-state index contributed by atoms with van der Waals surface area (Å²) >= 11 is 0. The molecule has 13 heavy (non-hydrogen) atoms. The maximum atomic E-state index is 5.64. The van der Waals surface area contributed by atoms with Crippen LogP contribution in [-0.2, 0) is 4.74 Å². The summed E-state index contributed by atoms with van der Waals surface area (Å²) in [5, 5.41) is 3.48. The summed E-state index contributed by atoms with van der Waals surface area (Å²) in [4.78, 5) is 2.36. The van der Waals surface area contributed by atoms with Crippen LogP contribution < -0.4 is 5.32 Å². The second-order valence-corrected chi connectivity index (χ2v) is 3.52. The smallest absolute Gasteiger partial charge is 0.0753 e. The van der Waals surface area contributed by atoms with Crippen molar-refractivity contribution in [3.63, 3.8) is 0 Å². The number of likely N-dealkylation sites (tertiary alicyclic amines) is 1. The molecular weight excluding hydrogens is 164 g/mol. The van der Waals surface area contributed by atoms with Crippen LogP contribution in [0, 0.1) is 0 Å². The summed E-state index contributed by atoms with van der Waals surface area (Å²) in [6.45, 7) is 8.24. The molecule has 2 heterocycles. The molecule has 0 amide bonds. The number of morpholine rings is 1. The van der Waals surface area contributed by atoms with Crippen molar-refractivity contribution in [1.82, 2.24) is 10.2 Å². The second kappa shape index (κ2) is 5.58. The van der Waals surface area contributed by atoms with E-state index in [9.17, 15) is 0 Å². The lowest BCUT2D eigenvalue weighted by molar-refractivity contribution is -0.0385. The van der Waals surface area contributed by atoms with E-state index < -0.39 is 0 Å². The van der Waals surface area contributed by atoms with Gasteiger partial charge in [0.1, 0.15) is 0 Å². The van der Waals surface area contributed by atoms with E-state index in [0.29, 0.717) is 12.1 Å². The van der Waals surface area contributed by atoms with Crippen LogP contribution in [0.4, 0.5) is 0 Å². The summed E-state index contributed by atoms with van der Waals surface area (Å²) in [5.41, 5.74) is 0. The number of piperidine rings is 1. The fourth-order valence-electron chi connectivity index (χ4n) is 1.94. The average molecular weight is 186 g/mol. The Labute approximate surface area is 81.4 Å². The van der Waals surface area contributed by atoms with Crippen molar-refractivity contribution < 1.29 is 4.74 Å². The minimum atomic E-state index is 0.486. The molecule has 0 aliphatic carbocycles. The van der Waals surface area contributed by atoms with Crippen LogP contribution in [0.2, 0.25) is 0 Å². The molecule has 2 aliphatic rings. The van der Waals surface area contributed by atoms with Gasteiger partial charge in [-0.3, -0.25) is 0 Å². The Morgan fingerprint density at radius 1 is 1.38 bits per heavy atom. The van der Waals surface area contributed by atoms with Crippen molar-refractivity contribution in [2.45, 2.75) is 32.4 Å². The van der Waals surface area contributed by atoms with Crippen molar-refractivity contribution in [3.05, 3.63) is 0 Å². The molecule has 78 valence electrons. The van der Waals surface area contributed by atoms with Gasteiger partial charge in [0.25, 0.3) is 0 Å². The van der Waals surface area contributed by atoms with Crippen LogP contribution in [0.25, 0.3) is 0 Å². The van der Waals surface area contributed by atoms with Gasteiger partial charge in [0.15, 0.2) is 0 Å². The zero-order valence-corrected chi connectivity index (χ0v) is 9.05. The lowest BCUT2D eigenvalue weighted by atomic mass is 10.0. The highest BCUT2D eigenvalue weighted by Gasteiger charge is 2.29. The van der Waals surface area contributed by atoms with Crippen LogP contribution in [0.3, 0.4) is 0 Å². The first-order valence-electron chi connectivity index (χ1n) is 5.40. The van der Waals surface area contributed by atoms with Gasteiger partial charge in [-0.2, -0.15) is 0 Å². The topological polar surface area (TPSA) is 24.5 Å². The van der Waals surface area contributed by atoms with Crippen molar-refractivity contribution in [1.29, 1.82) is 0 Å². The van der Waals surface area contributed by atoms with Crippen molar-refractivity contribution >= 4 is 0 Å². The number of rotatable bonds is 0. The first-order valence-corrected chi connectivity index (χ1v) is 5.40. The van der Waals surface area contributed by atoms with Crippen molar-refractivity contribution in [2.24, 2.45) is 0 Å². The third kappa shape index (κ3) is 2.93. The minimum absolute atomic E-state index is 0.486. The average Bonchev–Trinajstić information content (AvgIpc) is 2.21. The van der Waals surface area contributed by atoms with Crippen LogP contribution in [0.1, 0.15) is 20.3 Å². The van der Waals surface area contributed by atoms with Gasteiger partial charge in [-0.1, -0.05) is 13.8 Å². The third-order valence-corrected chi connectivity index (χ3v) is 2.59. The molecule has 0 aromatic carbocycles. The molecule has 0 aromatic heterocycles. The number of hydrogen-bond acceptors (Lipinski definition) is 3. The van der Waals surface area contributed by atoms with Gasteiger partial charge in [-0.25, -0.2) is 0 Å². The number of likely N-dealkylation sites (N-methyl/N-ethyl adjacent to an activating group) is 1. The van der Waals surface area contributed by atoms with E-state index in [1.165, 1.54) is 13.0 Å². The molecule has 2 aliphatic heterocycles. The summed E-state index contributed by atoms with van der Waals surface area (Å²) in [7, 11) is 2.17. The normalized spacial score (nSPS) is 34.4. The Hall–Kier alpha value is -0.120. The molecule has 0 radical (unpaired) electrons. The first kappa shape index (κ1) is 11.0. The quantitative estimate of drug-likeness (QED) is 0.603. The number of nitrogens with one attached hydrogen (secondary N) is 1. The number of hydrogen-bond donors (Lipinski definition) is 1. The molecule has 0 aromatic rings. The van der Waals surface area contributed by atoms with E-state index in [4.69, 9.17) is 4.74 Å². The molecule has 0 unspecified atom stereocenters. The van der Waals surface area contributed by atoms with E-state index in [1.807, 2.05) is 13.8 Å². The van der Waals surface area contributed by atoms with Crippen LogP contribution in [0.15, 0.2) is 0 Å². The molecule has 3 nitrogen and oxygen atoms in total. The molecule has 2 atom stereocenters. The molecule has 0 spiro atoms. The van der Waals surface area contributed by atoms with Gasteiger partial charge >= 0.3 is 0 Å². The maximum Gasteiger partial charge on any atom is 0.0753 e. The maximum absolute atomic E-state index is 5.64. The molecule has 2 saturated heterocycles. The Balaban J connectivity index is 0.000000396. The predicted molar refractivity (Wildman–Crippen MR) is 55.0 cm³/mol. The number of fused-ring (bicyclic) bond motifs is 1. The van der Waals surface area contributed by atoms with E-state index in [1.54, 1.807) is 0 Å². The molecule has 0 bridgehead atoms. The lowest BCUT2D eigenvalue weighted by Gasteiger charge is -2.40. The molecule has 2 rings (SSSR count). The first-order chi connectivity index (χ1) is 6.36. The van der Waals surface area contributed by atoms with Crippen LogP contribution in [-0.4, -0.2) is 50.3 Å². The Bertz CT molecular complexity index is 141. The summed E-state index contributed by atoms with van der Waals surface area (Å²) < 4.78 is 5.64. The number of ether oxygens (including phenoxy) is 1. The summed E-state index contributed by atoms with van der Waals surface area (Å²) in [6, 6.07) is 0.586. The van der Waals surface area contributed by atoms with E-state index >= 15 is 0 Å². The Morgan fingerprint density at radius 3 is 2.92 bits per heavy atom. The van der Waals surface area contributed by atoms with Crippen molar-refractivity contribution in [3.8, 4) is 0 Å². The fourth-order valence-corrected chi connectivity index (χ4v) is 1.94. The number of nitrogens with zero attached hydrogens (tertiary/aromatic N) is 1. The highest BCUT2D eigenvalue weighted by atomic mass is 16.5. The SMILES string of the molecule is CC.CN1CC[C@H]2OCCN[C@@H]2C1. The molecule has 2 fully saturated rings. The third-order valence-electron chi connectivity index (χ3n) is 2.59. The largest absolute Gasteiger partial charge is 0.375 e. The van der Waals surface area contributed by atoms with Crippen LogP contribution in [0.5, 0.6) is 0 Å². The van der Waals surface area contributed by atoms with E-state index in [0.717, 1.165) is 19.7 Å². The lowest BCUT2D eigenvalue weighted by Crippen LogP contribution is -2.57. The molecule has 1 N–H and O–H groups in total. The van der Waals surface area contributed by atoms with E-state index in [-0.39, 0.29) is 0 Å². The molecule has 3 heteroatoms. The fraction of sp³-hybridized carbons (Fsp3) is 1.00. The summed E-state index contributed by atoms with van der Waals surface area (Å²) in [5.74, 6) is 0. The monoisotopic (exact) mass is 186 g/mol. The molecular formula is C10H22N2O. The Kier molecular flexibility index (Phi) is 4.70. The van der Waals surface area contributed by atoms with Gasteiger partial charge in [-0.15, -0.1) is 0 Å².